The van der Waals surface area contributed by atoms with Crippen LogP contribution in [0.4, 0.5) is 18.9 Å². The van der Waals surface area contributed by atoms with Crippen molar-refractivity contribution in [2.45, 2.75) is 19.1 Å². The van der Waals surface area contributed by atoms with Crippen molar-refractivity contribution < 1.29 is 27.5 Å². The topological polar surface area (TPSA) is 61.9 Å². The molecule has 1 unspecified atom stereocenters. The van der Waals surface area contributed by atoms with Gasteiger partial charge in [-0.25, -0.2) is 0 Å². The maximum atomic E-state index is 13.0. The minimum atomic E-state index is -4.54. The zero-order chi connectivity index (χ0) is 19.3. The SMILES string of the molecule is COCC(=O)N1CCN(C(C)C(=O)Nc2ccccc2C(F)(F)F)CC1. The Morgan fingerprint density at radius 1 is 1.19 bits per heavy atom. The summed E-state index contributed by atoms with van der Waals surface area (Å²) in [5.41, 5.74) is -1.14. The average molecular weight is 373 g/mol. The molecule has 144 valence electrons. The lowest BCUT2D eigenvalue weighted by Crippen LogP contribution is -2.54. The number of ether oxygens (including phenoxy) is 1. The average Bonchev–Trinajstić information content (AvgIpc) is 2.61. The molecule has 0 spiro atoms. The van der Waals surface area contributed by atoms with Gasteiger partial charge < -0.3 is 15.0 Å². The molecule has 0 saturated carbocycles. The number of benzene rings is 1. The molecule has 26 heavy (non-hydrogen) atoms. The van der Waals surface area contributed by atoms with Gasteiger partial charge in [-0.1, -0.05) is 12.1 Å². The van der Waals surface area contributed by atoms with E-state index in [1.54, 1.807) is 11.8 Å². The lowest BCUT2D eigenvalue weighted by molar-refractivity contribution is -0.137. The first-order valence-electron chi connectivity index (χ1n) is 8.22. The number of hydrogen-bond acceptors (Lipinski definition) is 4. The summed E-state index contributed by atoms with van der Waals surface area (Å²) in [7, 11) is 1.44. The van der Waals surface area contributed by atoms with Gasteiger partial charge in [0.1, 0.15) is 6.61 Å². The van der Waals surface area contributed by atoms with Gasteiger partial charge in [0, 0.05) is 33.3 Å². The highest BCUT2D eigenvalue weighted by Crippen LogP contribution is 2.34. The molecule has 1 aromatic rings. The van der Waals surface area contributed by atoms with Gasteiger partial charge in [0.15, 0.2) is 0 Å². The van der Waals surface area contributed by atoms with Crippen LogP contribution in [-0.4, -0.2) is 67.6 Å². The molecule has 1 saturated heterocycles. The molecule has 1 aliphatic rings. The maximum absolute atomic E-state index is 13.0. The number of hydrogen-bond donors (Lipinski definition) is 1. The van der Waals surface area contributed by atoms with E-state index in [0.717, 1.165) is 6.07 Å². The highest BCUT2D eigenvalue weighted by Gasteiger charge is 2.34. The van der Waals surface area contributed by atoms with E-state index in [4.69, 9.17) is 4.74 Å². The molecule has 1 fully saturated rings. The Morgan fingerprint density at radius 3 is 2.38 bits per heavy atom. The summed E-state index contributed by atoms with van der Waals surface area (Å²) in [5, 5.41) is 2.37. The van der Waals surface area contributed by atoms with Crippen molar-refractivity contribution >= 4 is 17.5 Å². The lowest BCUT2D eigenvalue weighted by Gasteiger charge is -2.37. The van der Waals surface area contributed by atoms with Crippen LogP contribution in [0.5, 0.6) is 0 Å². The van der Waals surface area contributed by atoms with Crippen molar-refractivity contribution in [1.82, 2.24) is 9.80 Å². The van der Waals surface area contributed by atoms with E-state index in [2.05, 4.69) is 5.32 Å². The highest BCUT2D eigenvalue weighted by molar-refractivity contribution is 5.95. The molecule has 2 amide bonds. The van der Waals surface area contributed by atoms with E-state index in [9.17, 15) is 22.8 Å². The van der Waals surface area contributed by atoms with Crippen LogP contribution in [0.15, 0.2) is 24.3 Å². The van der Waals surface area contributed by atoms with E-state index in [0.29, 0.717) is 26.2 Å². The van der Waals surface area contributed by atoms with Crippen LogP contribution < -0.4 is 5.32 Å². The van der Waals surface area contributed by atoms with Crippen LogP contribution in [0.1, 0.15) is 12.5 Å². The molecule has 0 radical (unpaired) electrons. The number of anilines is 1. The number of nitrogens with zero attached hydrogens (tertiary/aromatic N) is 2. The number of halogens is 3. The summed E-state index contributed by atoms with van der Waals surface area (Å²) in [6.45, 7) is 3.45. The molecule has 1 aliphatic heterocycles. The Hall–Kier alpha value is -2.13. The second-order valence-electron chi connectivity index (χ2n) is 6.06. The Labute approximate surface area is 149 Å². The van der Waals surface area contributed by atoms with Crippen molar-refractivity contribution in [3.63, 3.8) is 0 Å². The molecule has 1 aromatic carbocycles. The van der Waals surface area contributed by atoms with Crippen LogP contribution >= 0.6 is 0 Å². The second-order valence-corrected chi connectivity index (χ2v) is 6.06. The van der Waals surface area contributed by atoms with Crippen LogP contribution in [0, 0.1) is 0 Å². The summed E-state index contributed by atoms with van der Waals surface area (Å²) in [6.07, 6.45) is -4.54. The largest absolute Gasteiger partial charge is 0.418 e. The van der Waals surface area contributed by atoms with Crippen molar-refractivity contribution in [3.05, 3.63) is 29.8 Å². The van der Waals surface area contributed by atoms with Crippen LogP contribution in [0.25, 0.3) is 0 Å². The maximum Gasteiger partial charge on any atom is 0.418 e. The third-order valence-electron chi connectivity index (χ3n) is 4.35. The zero-order valence-corrected chi connectivity index (χ0v) is 14.7. The molecular weight excluding hydrogens is 351 g/mol. The van der Waals surface area contributed by atoms with Crippen molar-refractivity contribution in [2.24, 2.45) is 0 Å². The summed E-state index contributed by atoms with van der Waals surface area (Å²) in [6, 6.07) is 4.26. The van der Waals surface area contributed by atoms with Crippen LogP contribution in [0.2, 0.25) is 0 Å². The number of methoxy groups -OCH3 is 1. The molecular formula is C17H22F3N3O3. The Bertz CT molecular complexity index is 644. The molecule has 6 nitrogen and oxygen atoms in total. The fourth-order valence-electron chi connectivity index (χ4n) is 2.82. The summed E-state index contributed by atoms with van der Waals surface area (Å²) < 4.78 is 43.9. The van der Waals surface area contributed by atoms with Crippen LogP contribution in [-0.2, 0) is 20.5 Å². The molecule has 9 heteroatoms. The van der Waals surface area contributed by atoms with Crippen molar-refractivity contribution in [3.8, 4) is 0 Å². The smallest absolute Gasteiger partial charge is 0.375 e. The first-order chi connectivity index (χ1) is 12.2. The summed E-state index contributed by atoms with van der Waals surface area (Å²) >= 11 is 0. The van der Waals surface area contributed by atoms with E-state index < -0.39 is 23.7 Å². The minimum Gasteiger partial charge on any atom is -0.375 e. The van der Waals surface area contributed by atoms with Gasteiger partial charge in [0.2, 0.25) is 11.8 Å². The van der Waals surface area contributed by atoms with Gasteiger partial charge in [-0.3, -0.25) is 14.5 Å². The van der Waals surface area contributed by atoms with E-state index in [-0.39, 0.29) is 18.2 Å². The summed E-state index contributed by atoms with van der Waals surface area (Å²) in [5.74, 6) is -0.637. The third kappa shape index (κ3) is 4.95. The Morgan fingerprint density at radius 2 is 1.81 bits per heavy atom. The zero-order valence-electron chi connectivity index (χ0n) is 14.7. The third-order valence-corrected chi connectivity index (χ3v) is 4.35. The van der Waals surface area contributed by atoms with E-state index >= 15 is 0 Å². The standard InChI is InChI=1S/C17H22F3N3O3/c1-12(22-7-9-23(10-8-22)15(24)11-26-2)16(25)21-14-6-4-3-5-13(14)17(18,19)20/h3-6,12H,7-11H2,1-2H3,(H,21,25). The summed E-state index contributed by atoms with van der Waals surface area (Å²) in [4.78, 5) is 27.6. The molecule has 2 rings (SSSR count). The fraction of sp³-hybridized carbons (Fsp3) is 0.529. The first-order valence-corrected chi connectivity index (χ1v) is 8.22. The lowest BCUT2D eigenvalue weighted by atomic mass is 10.1. The number of carbonyl (C=O) groups is 2. The molecule has 0 aliphatic carbocycles. The van der Waals surface area contributed by atoms with Gasteiger partial charge >= 0.3 is 6.18 Å². The Balaban J connectivity index is 1.96. The van der Waals surface area contributed by atoms with Gasteiger partial charge in [0.05, 0.1) is 17.3 Å². The molecule has 1 heterocycles. The number of amides is 2. The highest BCUT2D eigenvalue weighted by atomic mass is 19.4. The number of carbonyl (C=O) groups excluding carboxylic acids is 2. The predicted octanol–water partition coefficient (Wildman–Crippen LogP) is 1.82. The van der Waals surface area contributed by atoms with E-state index in [1.807, 2.05) is 4.90 Å². The monoisotopic (exact) mass is 373 g/mol. The minimum absolute atomic E-state index is 0.00423. The number of rotatable bonds is 5. The van der Waals surface area contributed by atoms with Crippen molar-refractivity contribution in [1.29, 1.82) is 0 Å². The van der Waals surface area contributed by atoms with Gasteiger partial charge in [-0.15, -0.1) is 0 Å². The quantitative estimate of drug-likeness (QED) is 0.855. The number of nitrogens with one attached hydrogen (secondary N) is 1. The van der Waals surface area contributed by atoms with Gasteiger partial charge in [0.25, 0.3) is 0 Å². The number of alkyl halides is 3. The normalized spacial score (nSPS) is 17.0. The van der Waals surface area contributed by atoms with Crippen molar-refractivity contribution in [2.75, 3.05) is 45.2 Å². The molecule has 1 N–H and O–H groups in total. The van der Waals surface area contributed by atoms with Gasteiger partial charge in [-0.05, 0) is 19.1 Å². The number of piperazine rings is 1. The van der Waals surface area contributed by atoms with Gasteiger partial charge in [-0.2, -0.15) is 13.2 Å². The molecule has 1 atom stereocenters. The predicted molar refractivity (Wildman–Crippen MR) is 89.6 cm³/mol. The fourth-order valence-corrected chi connectivity index (χ4v) is 2.82. The Kier molecular flexibility index (Phi) is 6.60. The first kappa shape index (κ1) is 20.2. The molecule has 0 aromatic heterocycles. The molecule has 0 bridgehead atoms. The number of para-hydroxylation sites is 1. The van der Waals surface area contributed by atoms with E-state index in [1.165, 1.54) is 25.3 Å². The second kappa shape index (κ2) is 8.50. The van der Waals surface area contributed by atoms with Crippen LogP contribution in [0.3, 0.4) is 0 Å².